The number of nitro benzene ring substituents is 1. The highest BCUT2D eigenvalue weighted by molar-refractivity contribution is 5.94. The van der Waals surface area contributed by atoms with E-state index in [1.165, 1.54) is 12.1 Å². The summed E-state index contributed by atoms with van der Waals surface area (Å²) in [7, 11) is 0. The highest BCUT2D eigenvalue weighted by atomic mass is 35.5. The standard InChI is InChI=1S/C15H21N3O3.ClH/c1-10-8-12(5-6-14(10)18(20)21)15(19)17-7-3-4-13(9-17)11(2)16;/h5-6,8,11,13H,3-4,7,9,16H2,1-2H3;1H. The Morgan fingerprint density at radius 1 is 1.50 bits per heavy atom. The van der Waals surface area contributed by atoms with Crippen LogP contribution in [0, 0.1) is 23.0 Å². The van der Waals surface area contributed by atoms with Gasteiger partial charge in [-0.25, -0.2) is 0 Å². The Hall–Kier alpha value is -1.66. The SMILES string of the molecule is Cc1cc(C(=O)N2CCCC(C(C)N)C2)ccc1[N+](=O)[O-].Cl. The predicted octanol–water partition coefficient (Wildman–Crippen LogP) is 2.52. The lowest BCUT2D eigenvalue weighted by Gasteiger charge is -2.34. The van der Waals surface area contributed by atoms with Crippen LogP contribution in [0.15, 0.2) is 18.2 Å². The lowest BCUT2D eigenvalue weighted by atomic mass is 9.92. The minimum atomic E-state index is -0.434. The van der Waals surface area contributed by atoms with Gasteiger partial charge in [-0.1, -0.05) is 0 Å². The summed E-state index contributed by atoms with van der Waals surface area (Å²) < 4.78 is 0. The molecule has 2 rings (SSSR count). The van der Waals surface area contributed by atoms with Crippen molar-refractivity contribution >= 4 is 24.0 Å². The summed E-state index contributed by atoms with van der Waals surface area (Å²) in [6, 6.07) is 4.59. The molecule has 2 N–H and O–H groups in total. The van der Waals surface area contributed by atoms with Crippen molar-refractivity contribution in [3.05, 3.63) is 39.4 Å². The maximum absolute atomic E-state index is 12.5. The number of hydrogen-bond acceptors (Lipinski definition) is 4. The van der Waals surface area contributed by atoms with Crippen LogP contribution >= 0.6 is 12.4 Å². The van der Waals surface area contributed by atoms with Crippen LogP contribution in [-0.4, -0.2) is 34.9 Å². The number of halogens is 1. The first kappa shape index (κ1) is 18.4. The van der Waals surface area contributed by atoms with Crippen molar-refractivity contribution in [2.24, 2.45) is 11.7 Å². The molecule has 0 saturated carbocycles. The second-order valence-electron chi connectivity index (χ2n) is 5.77. The number of amides is 1. The molecule has 0 spiro atoms. The van der Waals surface area contributed by atoms with Crippen molar-refractivity contribution in [1.29, 1.82) is 0 Å². The topological polar surface area (TPSA) is 89.5 Å². The van der Waals surface area contributed by atoms with Crippen LogP contribution in [0.2, 0.25) is 0 Å². The fourth-order valence-electron chi connectivity index (χ4n) is 2.80. The summed E-state index contributed by atoms with van der Waals surface area (Å²) in [6.07, 6.45) is 1.99. The monoisotopic (exact) mass is 327 g/mol. The van der Waals surface area contributed by atoms with Crippen molar-refractivity contribution < 1.29 is 9.72 Å². The van der Waals surface area contributed by atoms with Crippen LogP contribution in [0.4, 0.5) is 5.69 Å². The average molecular weight is 328 g/mol. The van der Waals surface area contributed by atoms with Gasteiger partial charge in [-0.3, -0.25) is 14.9 Å². The molecule has 7 heteroatoms. The van der Waals surface area contributed by atoms with Crippen LogP contribution in [-0.2, 0) is 0 Å². The molecular formula is C15H22ClN3O3. The zero-order chi connectivity index (χ0) is 15.6. The Morgan fingerprint density at radius 2 is 2.18 bits per heavy atom. The van der Waals surface area contributed by atoms with Crippen LogP contribution in [0.1, 0.15) is 35.7 Å². The van der Waals surface area contributed by atoms with Gasteiger partial charge in [-0.2, -0.15) is 0 Å². The van der Waals surface area contributed by atoms with Crippen molar-refractivity contribution in [3.63, 3.8) is 0 Å². The molecular weight excluding hydrogens is 306 g/mol. The van der Waals surface area contributed by atoms with Gasteiger partial charge in [-0.05, 0) is 44.7 Å². The Morgan fingerprint density at radius 3 is 2.73 bits per heavy atom. The second kappa shape index (κ2) is 7.56. The third-order valence-corrected chi connectivity index (χ3v) is 4.13. The van der Waals surface area contributed by atoms with Gasteiger partial charge < -0.3 is 10.6 Å². The smallest absolute Gasteiger partial charge is 0.272 e. The van der Waals surface area contributed by atoms with Crippen molar-refractivity contribution in [2.45, 2.75) is 32.7 Å². The Labute approximate surface area is 136 Å². The molecule has 0 radical (unpaired) electrons. The van der Waals surface area contributed by atoms with Gasteiger partial charge in [0.15, 0.2) is 0 Å². The van der Waals surface area contributed by atoms with Crippen LogP contribution < -0.4 is 5.73 Å². The number of piperidine rings is 1. The molecule has 1 amide bonds. The van der Waals surface area contributed by atoms with E-state index in [4.69, 9.17) is 5.73 Å². The first-order valence-corrected chi connectivity index (χ1v) is 7.20. The number of carbonyl (C=O) groups is 1. The molecule has 0 aliphatic carbocycles. The van der Waals surface area contributed by atoms with E-state index in [9.17, 15) is 14.9 Å². The number of nitrogens with two attached hydrogens (primary N) is 1. The number of likely N-dealkylation sites (tertiary alicyclic amines) is 1. The molecule has 1 aliphatic heterocycles. The maximum atomic E-state index is 12.5. The van der Waals surface area contributed by atoms with Crippen molar-refractivity contribution in [3.8, 4) is 0 Å². The summed E-state index contributed by atoms with van der Waals surface area (Å²) in [6.45, 7) is 5.00. The average Bonchev–Trinajstić information content (AvgIpc) is 2.46. The Kier molecular flexibility index (Phi) is 6.32. The Bertz CT molecular complexity index is 563. The third-order valence-electron chi connectivity index (χ3n) is 4.13. The quantitative estimate of drug-likeness (QED) is 0.682. The number of carbonyl (C=O) groups excluding carboxylic acids is 1. The number of benzene rings is 1. The Balaban J connectivity index is 0.00000242. The molecule has 1 aliphatic rings. The van der Waals surface area contributed by atoms with Gasteiger partial charge in [0.05, 0.1) is 4.92 Å². The molecule has 2 unspecified atom stereocenters. The highest BCUT2D eigenvalue weighted by Gasteiger charge is 2.27. The molecule has 22 heavy (non-hydrogen) atoms. The van der Waals surface area contributed by atoms with Gasteiger partial charge in [-0.15, -0.1) is 12.4 Å². The van der Waals surface area contributed by atoms with Crippen LogP contribution in [0.5, 0.6) is 0 Å². The first-order valence-electron chi connectivity index (χ1n) is 7.20. The van der Waals surface area contributed by atoms with E-state index in [2.05, 4.69) is 0 Å². The van der Waals surface area contributed by atoms with Gasteiger partial charge in [0.25, 0.3) is 11.6 Å². The fourth-order valence-corrected chi connectivity index (χ4v) is 2.80. The minimum absolute atomic E-state index is 0. The van der Waals surface area contributed by atoms with E-state index < -0.39 is 4.92 Å². The number of nitro groups is 1. The number of rotatable bonds is 3. The van der Waals surface area contributed by atoms with Gasteiger partial charge in [0, 0.05) is 36.3 Å². The van der Waals surface area contributed by atoms with Gasteiger partial charge in [0.2, 0.25) is 0 Å². The maximum Gasteiger partial charge on any atom is 0.272 e. The largest absolute Gasteiger partial charge is 0.338 e. The summed E-state index contributed by atoms with van der Waals surface area (Å²) in [4.78, 5) is 24.7. The molecule has 0 aromatic heterocycles. The number of nitrogens with zero attached hydrogens (tertiary/aromatic N) is 2. The highest BCUT2D eigenvalue weighted by Crippen LogP contribution is 2.23. The molecule has 2 atom stereocenters. The number of aryl methyl sites for hydroxylation is 1. The zero-order valence-electron chi connectivity index (χ0n) is 12.8. The van der Waals surface area contributed by atoms with Gasteiger partial charge >= 0.3 is 0 Å². The summed E-state index contributed by atoms with van der Waals surface area (Å²) in [5.41, 5.74) is 6.98. The predicted molar refractivity (Wildman–Crippen MR) is 87.4 cm³/mol. The minimum Gasteiger partial charge on any atom is -0.338 e. The third kappa shape index (κ3) is 3.96. The fraction of sp³-hybridized carbons (Fsp3) is 0.533. The molecule has 1 aromatic carbocycles. The molecule has 0 bridgehead atoms. The molecule has 1 saturated heterocycles. The molecule has 122 valence electrons. The van der Waals surface area contributed by atoms with Crippen LogP contribution in [0.3, 0.4) is 0 Å². The van der Waals surface area contributed by atoms with Crippen LogP contribution in [0.25, 0.3) is 0 Å². The van der Waals surface area contributed by atoms with E-state index in [1.54, 1.807) is 17.9 Å². The number of hydrogen-bond donors (Lipinski definition) is 1. The first-order chi connectivity index (χ1) is 9.90. The van der Waals surface area contributed by atoms with Crippen molar-refractivity contribution in [1.82, 2.24) is 4.90 Å². The van der Waals surface area contributed by atoms with E-state index in [-0.39, 0.29) is 30.0 Å². The second-order valence-corrected chi connectivity index (χ2v) is 5.77. The summed E-state index contributed by atoms with van der Waals surface area (Å²) in [5.74, 6) is 0.250. The van der Waals surface area contributed by atoms with E-state index in [0.717, 1.165) is 19.4 Å². The van der Waals surface area contributed by atoms with Gasteiger partial charge in [0.1, 0.15) is 0 Å². The lowest BCUT2D eigenvalue weighted by Crippen LogP contribution is -2.45. The summed E-state index contributed by atoms with van der Waals surface area (Å²) in [5, 5.41) is 10.8. The van der Waals surface area contributed by atoms with Crippen molar-refractivity contribution in [2.75, 3.05) is 13.1 Å². The normalized spacial score (nSPS) is 19.2. The molecule has 1 aromatic rings. The lowest BCUT2D eigenvalue weighted by molar-refractivity contribution is -0.385. The molecule has 6 nitrogen and oxygen atoms in total. The zero-order valence-corrected chi connectivity index (χ0v) is 13.6. The molecule has 1 heterocycles. The van der Waals surface area contributed by atoms with E-state index >= 15 is 0 Å². The van der Waals surface area contributed by atoms with E-state index in [1.807, 2.05) is 6.92 Å². The molecule has 1 fully saturated rings. The van der Waals surface area contributed by atoms with E-state index in [0.29, 0.717) is 23.6 Å². The summed E-state index contributed by atoms with van der Waals surface area (Å²) >= 11 is 0.